The Morgan fingerprint density at radius 2 is 1.85 bits per heavy atom. The maximum Gasteiger partial charge on any atom is 0.317 e. The first-order valence-corrected chi connectivity index (χ1v) is 13.7. The number of nitrogens with two attached hydrogens (primary N) is 1. The number of halogens is 2. The number of unbranched alkanes of at least 4 members (excludes halogenated alkanes) is 1. The number of fused-ring (bicyclic) bond motifs is 5. The van der Waals surface area contributed by atoms with Crippen LogP contribution in [0.4, 0.5) is 8.78 Å². The van der Waals surface area contributed by atoms with Crippen LogP contribution in [0.25, 0.3) is 0 Å². The molecule has 0 radical (unpaired) electrons. The molecule has 0 saturated heterocycles. The lowest BCUT2D eigenvalue weighted by Gasteiger charge is -2.62. The highest BCUT2D eigenvalue weighted by molar-refractivity contribution is 6.01. The van der Waals surface area contributed by atoms with Crippen molar-refractivity contribution in [1.82, 2.24) is 0 Å². The fourth-order valence-corrected chi connectivity index (χ4v) is 7.89. The second-order valence-corrected chi connectivity index (χ2v) is 12.0. The highest BCUT2D eigenvalue weighted by atomic mass is 19.1. The summed E-state index contributed by atoms with van der Waals surface area (Å²) in [5.41, 5.74) is 0.357. The summed E-state index contributed by atoms with van der Waals surface area (Å²) in [6, 6.07) is 0. The number of carboxylic acids is 1. The van der Waals surface area contributed by atoms with Crippen LogP contribution in [0.1, 0.15) is 66.2 Å². The molecule has 4 rings (SSSR count). The van der Waals surface area contributed by atoms with Crippen molar-refractivity contribution in [2.75, 3.05) is 13.2 Å². The first-order valence-electron chi connectivity index (χ1n) is 13.7. The number of aliphatic hydroxyl groups excluding tert-OH is 1. The van der Waals surface area contributed by atoms with Gasteiger partial charge in [-0.25, -0.2) is 8.78 Å². The van der Waals surface area contributed by atoms with Crippen LogP contribution < -0.4 is 5.73 Å². The number of esters is 1. The number of carbonyl (C=O) groups is 4. The lowest BCUT2D eigenvalue weighted by Crippen LogP contribution is -2.68. The molecule has 0 aromatic rings. The third-order valence-corrected chi connectivity index (χ3v) is 9.60. The summed E-state index contributed by atoms with van der Waals surface area (Å²) in [4.78, 5) is 46.4. The van der Waals surface area contributed by atoms with Gasteiger partial charge in [0.25, 0.3) is 0 Å². The Morgan fingerprint density at radius 3 is 2.44 bits per heavy atom. The van der Waals surface area contributed by atoms with Crippen molar-refractivity contribution in [2.45, 2.75) is 84.2 Å². The number of alkyl halides is 2. The zero-order valence-electron chi connectivity index (χ0n) is 23.1. The second-order valence-electron chi connectivity index (χ2n) is 12.0. The fourth-order valence-electron chi connectivity index (χ4n) is 7.89. The van der Waals surface area contributed by atoms with Crippen molar-refractivity contribution < 1.29 is 42.9 Å². The van der Waals surface area contributed by atoms with Crippen LogP contribution >= 0.6 is 0 Å². The molecule has 0 spiro atoms. The van der Waals surface area contributed by atoms with Gasteiger partial charge in [0.2, 0.25) is 0 Å². The molecule has 218 valence electrons. The molecule has 9 atom stereocenters. The summed E-state index contributed by atoms with van der Waals surface area (Å²) < 4.78 is 37.7. The van der Waals surface area contributed by atoms with E-state index in [9.17, 15) is 24.3 Å². The van der Waals surface area contributed by atoms with Gasteiger partial charge in [-0.3, -0.25) is 19.2 Å². The largest absolute Gasteiger partial charge is 0.480 e. The van der Waals surface area contributed by atoms with Crippen LogP contribution in [0.15, 0.2) is 23.8 Å². The average molecular weight is 554 g/mol. The van der Waals surface area contributed by atoms with E-state index in [2.05, 4.69) is 5.73 Å². The molecule has 10 heteroatoms. The zero-order valence-corrected chi connectivity index (χ0v) is 23.1. The molecule has 8 nitrogen and oxygen atoms in total. The number of ether oxygens (including phenoxy) is 1. The summed E-state index contributed by atoms with van der Waals surface area (Å²) >= 11 is 0. The predicted octanol–water partition coefficient (Wildman–Crippen LogP) is 3.50. The van der Waals surface area contributed by atoms with E-state index in [1.165, 1.54) is 18.2 Å². The Labute approximate surface area is 228 Å². The number of Topliss-reactive ketones (excluding diaryl/α,β-unsaturated/α-hetero) is 1. The third-order valence-electron chi connectivity index (χ3n) is 9.60. The Balaban J connectivity index is 0.000000771. The van der Waals surface area contributed by atoms with Gasteiger partial charge < -0.3 is 20.7 Å². The zero-order chi connectivity index (χ0) is 29.3. The summed E-state index contributed by atoms with van der Waals surface area (Å²) in [7, 11) is 0. The first-order chi connectivity index (χ1) is 18.2. The van der Waals surface area contributed by atoms with Gasteiger partial charge in [-0.05, 0) is 67.6 Å². The number of hydrogen-bond acceptors (Lipinski definition) is 7. The smallest absolute Gasteiger partial charge is 0.317 e. The van der Waals surface area contributed by atoms with E-state index in [1.807, 2.05) is 20.8 Å². The standard InChI is InChI=1S/C27H36F2O5.C2H5NO2/c1-5-6-7-23(33)34-14-21(31)24-15(2)10-17-18-12-20(28)19-11-16(30)8-9-26(19,4)27(18,29)22(32)13-25(17,24)3;3-1-2(4)5/h8-9,11,15,17-18,20,22,24,32H,5-7,10,12-14H2,1-4H3;1,3H2,(H,4,5)/t15-,17+,18+,20+,22+,24-,25+,26+,27+;/m1./s1. The monoisotopic (exact) mass is 553 g/mol. The lowest BCUT2D eigenvalue weighted by molar-refractivity contribution is -0.202. The molecular formula is C29H41F2NO7. The van der Waals surface area contributed by atoms with Crippen LogP contribution in [0.5, 0.6) is 0 Å². The van der Waals surface area contributed by atoms with Crippen LogP contribution in [0, 0.1) is 34.5 Å². The summed E-state index contributed by atoms with van der Waals surface area (Å²) in [6.45, 7) is 6.75. The topological polar surface area (TPSA) is 144 Å². The number of hydrogen-bond donors (Lipinski definition) is 3. The van der Waals surface area contributed by atoms with E-state index in [4.69, 9.17) is 9.84 Å². The number of aliphatic carboxylic acids is 1. The van der Waals surface area contributed by atoms with Crippen LogP contribution in [0.2, 0.25) is 0 Å². The van der Waals surface area contributed by atoms with Crippen molar-refractivity contribution >= 4 is 23.5 Å². The summed E-state index contributed by atoms with van der Waals surface area (Å²) in [5, 5.41) is 18.9. The molecule has 0 unspecified atom stereocenters. The molecule has 0 amide bonds. The Morgan fingerprint density at radius 1 is 1.21 bits per heavy atom. The maximum absolute atomic E-state index is 17.1. The van der Waals surface area contributed by atoms with Gasteiger partial charge in [-0.1, -0.05) is 33.3 Å². The lowest BCUT2D eigenvalue weighted by atomic mass is 9.45. The van der Waals surface area contributed by atoms with E-state index < -0.39 is 52.5 Å². The van der Waals surface area contributed by atoms with E-state index in [0.717, 1.165) is 6.42 Å². The van der Waals surface area contributed by atoms with E-state index in [0.29, 0.717) is 12.8 Å². The molecule has 0 aliphatic heterocycles. The average Bonchev–Trinajstić information content (AvgIpc) is 3.14. The number of carbonyl (C=O) groups excluding carboxylic acids is 3. The minimum atomic E-state index is -2.15. The molecule has 0 aromatic heterocycles. The van der Waals surface area contributed by atoms with E-state index >= 15 is 8.78 Å². The molecule has 4 N–H and O–H groups in total. The van der Waals surface area contributed by atoms with Crippen LogP contribution in [-0.4, -0.2) is 64.8 Å². The van der Waals surface area contributed by atoms with Gasteiger partial charge in [0.05, 0.1) is 12.6 Å². The molecule has 3 saturated carbocycles. The van der Waals surface area contributed by atoms with Crippen molar-refractivity contribution in [3.63, 3.8) is 0 Å². The summed E-state index contributed by atoms with van der Waals surface area (Å²) in [5.74, 6) is -3.71. The SMILES string of the molecule is CCCCC(=O)OCC(=O)[C@H]1[C@H](C)C[C@H]2[C@@H]3C[C@H](F)C4=CC(=O)C=C[C@]4(C)[C@@]3(F)[C@@H](O)C[C@@]21C.NCC(=O)O. The Kier molecular flexibility index (Phi) is 9.22. The fraction of sp³-hybridized carbons (Fsp3) is 0.724. The van der Waals surface area contributed by atoms with Gasteiger partial charge in [-0.15, -0.1) is 0 Å². The summed E-state index contributed by atoms with van der Waals surface area (Å²) in [6.07, 6.45) is 3.20. The predicted molar refractivity (Wildman–Crippen MR) is 139 cm³/mol. The highest BCUT2D eigenvalue weighted by Gasteiger charge is 2.73. The van der Waals surface area contributed by atoms with E-state index in [1.54, 1.807) is 6.92 Å². The van der Waals surface area contributed by atoms with Gasteiger partial charge in [0.15, 0.2) is 17.2 Å². The number of carboxylic acid groups (broad SMARTS) is 1. The van der Waals surface area contributed by atoms with Crippen LogP contribution in [-0.2, 0) is 23.9 Å². The minimum absolute atomic E-state index is 0.0524. The van der Waals surface area contributed by atoms with Crippen molar-refractivity contribution in [1.29, 1.82) is 0 Å². The Hall–Kier alpha value is -2.46. The van der Waals surface area contributed by atoms with Crippen molar-refractivity contribution in [3.8, 4) is 0 Å². The minimum Gasteiger partial charge on any atom is -0.480 e. The molecule has 4 aliphatic carbocycles. The number of rotatable bonds is 7. The number of aliphatic hydroxyl groups is 1. The van der Waals surface area contributed by atoms with Gasteiger partial charge in [0, 0.05) is 23.7 Å². The Bertz CT molecular complexity index is 1060. The molecule has 39 heavy (non-hydrogen) atoms. The number of ketones is 2. The van der Waals surface area contributed by atoms with Gasteiger partial charge in [0.1, 0.15) is 12.8 Å². The number of allylic oxidation sites excluding steroid dienone is 4. The highest BCUT2D eigenvalue weighted by Crippen LogP contribution is 2.70. The van der Waals surface area contributed by atoms with Gasteiger partial charge >= 0.3 is 11.9 Å². The third kappa shape index (κ3) is 5.34. The second kappa shape index (κ2) is 11.6. The first kappa shape index (κ1) is 31.1. The van der Waals surface area contributed by atoms with E-state index in [-0.39, 0.29) is 61.4 Å². The quantitative estimate of drug-likeness (QED) is 0.407. The normalized spacial score (nSPS) is 40.3. The molecule has 3 fully saturated rings. The molecular weight excluding hydrogens is 512 g/mol. The van der Waals surface area contributed by atoms with Crippen molar-refractivity contribution in [2.24, 2.45) is 40.2 Å². The molecule has 4 aliphatic rings. The van der Waals surface area contributed by atoms with Crippen LogP contribution in [0.3, 0.4) is 0 Å². The molecule has 0 heterocycles. The molecule has 0 aromatic carbocycles. The van der Waals surface area contributed by atoms with Gasteiger partial charge in [-0.2, -0.15) is 0 Å². The molecule has 0 bridgehead atoms. The van der Waals surface area contributed by atoms with Crippen molar-refractivity contribution in [3.05, 3.63) is 23.8 Å². The maximum atomic E-state index is 17.1.